The molecule has 16 aromatic carbocycles. The Hall–Kier alpha value is -12.8. The van der Waals surface area contributed by atoms with E-state index in [0.29, 0.717) is 0 Å². The molecule has 0 radical (unpaired) electrons. The van der Waals surface area contributed by atoms with Crippen LogP contribution in [0.3, 0.4) is 0 Å². The van der Waals surface area contributed by atoms with E-state index in [4.69, 9.17) is 4.42 Å². The first-order valence-corrected chi connectivity index (χ1v) is 39.6. The van der Waals surface area contributed by atoms with Gasteiger partial charge in [-0.3, -0.25) is 0 Å². The van der Waals surface area contributed by atoms with Crippen LogP contribution in [-0.2, 0) is 0 Å². The molecule has 484 valence electrons. The fourth-order valence-electron chi connectivity index (χ4n) is 17.1. The van der Waals surface area contributed by atoms with Crippen molar-refractivity contribution in [1.29, 1.82) is 0 Å². The average Bonchev–Trinajstić information content (AvgIpc) is 0.901. The molecule has 103 heavy (non-hydrogen) atoms. The Kier molecular flexibility index (Phi) is 15.3. The maximum Gasteiger partial charge on any atom is 0.252 e. The second kappa shape index (κ2) is 25.7. The third-order valence-electron chi connectivity index (χ3n) is 21.5. The van der Waals surface area contributed by atoms with Crippen LogP contribution in [0.2, 0.25) is 0 Å². The van der Waals surface area contributed by atoms with Gasteiger partial charge in [-0.1, -0.05) is 340 Å². The molecule has 7 heteroatoms. The van der Waals surface area contributed by atoms with E-state index in [1.54, 1.807) is 0 Å². The molecular formula is C96H68BN3OSi2. The molecule has 19 rings (SSSR count). The zero-order chi connectivity index (χ0) is 68.3. The first-order valence-electron chi connectivity index (χ1n) is 35.6. The Morgan fingerprint density at radius 2 is 0.641 bits per heavy atom. The molecule has 3 heterocycles. The number of nitrogens with zero attached hydrogens (tertiary/aromatic N) is 3. The van der Waals surface area contributed by atoms with Gasteiger partial charge >= 0.3 is 0 Å². The van der Waals surface area contributed by atoms with Crippen LogP contribution in [-0.4, -0.2) is 22.9 Å². The summed E-state index contributed by atoms with van der Waals surface area (Å²) in [5.74, 6) is 0. The SMILES string of the molecule is c1ccc(-c2cccc(N3c4ccc(-c5ccccc5)cc4B4c5cc([Si](c6ccccc6)(c6ccccc6)c6ccccc6)ccc5N(c5ccc([Si](c6ccccc6)(c6ccccc6)c6ccccc6)cc5)c5cc(N(c6ccccc6)c6cccc7c6oc6ccccc67)cc3c54)c2)cc1. The maximum atomic E-state index is 7.09. The molecule has 0 bridgehead atoms. The van der Waals surface area contributed by atoms with Crippen molar-refractivity contribution in [2.45, 2.75) is 0 Å². The van der Waals surface area contributed by atoms with Crippen molar-refractivity contribution in [2.24, 2.45) is 0 Å². The van der Waals surface area contributed by atoms with E-state index in [0.717, 1.165) is 89.8 Å². The van der Waals surface area contributed by atoms with Gasteiger partial charge in [-0.05, 0) is 153 Å². The van der Waals surface area contributed by atoms with Crippen LogP contribution in [0.25, 0.3) is 44.2 Å². The number of hydrogen-bond acceptors (Lipinski definition) is 4. The van der Waals surface area contributed by atoms with Gasteiger partial charge in [0.05, 0.1) is 11.4 Å². The Bertz CT molecular complexity index is 5740. The number of rotatable bonds is 15. The largest absolute Gasteiger partial charge is 0.454 e. The topological polar surface area (TPSA) is 22.9 Å². The van der Waals surface area contributed by atoms with Gasteiger partial charge in [-0.2, -0.15) is 0 Å². The van der Waals surface area contributed by atoms with Crippen LogP contribution in [0.15, 0.2) is 417 Å². The van der Waals surface area contributed by atoms with E-state index in [1.807, 2.05) is 0 Å². The second-order valence-electron chi connectivity index (χ2n) is 27.0. The molecule has 0 fully saturated rings. The summed E-state index contributed by atoms with van der Waals surface area (Å²) in [6, 6.07) is 154. The zero-order valence-corrected chi connectivity index (χ0v) is 58.6. The third-order valence-corrected chi connectivity index (χ3v) is 31.1. The van der Waals surface area contributed by atoms with Gasteiger partial charge in [0.1, 0.15) is 5.58 Å². The molecule has 0 saturated heterocycles. The normalized spacial score (nSPS) is 12.4. The first kappa shape index (κ1) is 61.3. The second-order valence-corrected chi connectivity index (χ2v) is 34.6. The van der Waals surface area contributed by atoms with E-state index in [9.17, 15) is 0 Å². The van der Waals surface area contributed by atoms with Crippen molar-refractivity contribution >= 4 is 154 Å². The van der Waals surface area contributed by atoms with Gasteiger partial charge in [0, 0.05) is 50.6 Å². The van der Waals surface area contributed by atoms with Gasteiger partial charge in [0.15, 0.2) is 21.7 Å². The molecule has 1 aromatic heterocycles. The number of furan rings is 1. The van der Waals surface area contributed by atoms with Crippen molar-refractivity contribution in [3.05, 3.63) is 413 Å². The van der Waals surface area contributed by atoms with Crippen molar-refractivity contribution < 1.29 is 4.42 Å². The highest BCUT2D eigenvalue weighted by atomic mass is 28.3. The number of para-hydroxylation sites is 3. The van der Waals surface area contributed by atoms with Crippen molar-refractivity contribution in [3.8, 4) is 22.3 Å². The van der Waals surface area contributed by atoms with Crippen molar-refractivity contribution in [1.82, 2.24) is 0 Å². The lowest BCUT2D eigenvalue weighted by Gasteiger charge is -2.46. The Morgan fingerprint density at radius 3 is 1.17 bits per heavy atom. The van der Waals surface area contributed by atoms with Crippen molar-refractivity contribution in [3.63, 3.8) is 0 Å². The Morgan fingerprint density at radius 1 is 0.252 bits per heavy atom. The van der Waals surface area contributed by atoms with E-state index < -0.39 is 16.1 Å². The van der Waals surface area contributed by atoms with Gasteiger partial charge in [0.2, 0.25) is 0 Å². The Balaban J connectivity index is 0.951. The van der Waals surface area contributed by atoms with E-state index in [1.165, 1.54) is 63.4 Å². The summed E-state index contributed by atoms with van der Waals surface area (Å²) in [6.07, 6.45) is 0. The minimum absolute atomic E-state index is 0.274. The minimum Gasteiger partial charge on any atom is -0.454 e. The third kappa shape index (κ3) is 10.2. The number of hydrogen-bond donors (Lipinski definition) is 0. The van der Waals surface area contributed by atoms with Gasteiger partial charge in [-0.25, -0.2) is 0 Å². The quantitative estimate of drug-likeness (QED) is 0.0754. The molecule has 0 saturated carbocycles. The molecule has 0 aliphatic carbocycles. The standard InChI is InChI=1S/C96H68BN3OSi2/c1-10-32-69(33-11-1)71-36-30-39-75(64-71)100-89-62-56-72(70-34-12-2-13-35-70)65-87(89)97-88-68-84(103(80-46-22-7-23-47-80,81-48-24-8-25-49-81)82-50-26-9-27-51-82)61-63-90(88)99(74-57-59-83(60-58-74)102(77-40-16-4-17-41-77,78-42-18-5-19-43-78)79-44-20-6-21-45-79)92-66-76(67-93(100)95(92)97)98(73-37-14-3-15-38-73)91-54-31-53-86-85-52-28-29-55-94(85)101-96(86)91/h1-68H. The molecule has 0 N–H and O–H groups in total. The van der Waals surface area contributed by atoms with Crippen LogP contribution >= 0.6 is 0 Å². The van der Waals surface area contributed by atoms with Gasteiger partial charge in [0.25, 0.3) is 6.71 Å². The summed E-state index contributed by atoms with van der Waals surface area (Å²) in [4.78, 5) is 7.62. The Labute approximate surface area is 603 Å². The van der Waals surface area contributed by atoms with Crippen LogP contribution < -0.4 is 72.6 Å². The van der Waals surface area contributed by atoms with E-state index in [-0.39, 0.29) is 6.71 Å². The lowest BCUT2D eigenvalue weighted by molar-refractivity contribution is 0.669. The predicted octanol–water partition coefficient (Wildman–Crippen LogP) is 17.2. The number of benzene rings is 16. The van der Waals surface area contributed by atoms with E-state index in [2.05, 4.69) is 427 Å². The smallest absolute Gasteiger partial charge is 0.252 e. The minimum atomic E-state index is -3.15. The molecule has 2 aliphatic heterocycles. The fraction of sp³-hybridized carbons (Fsp3) is 0. The van der Waals surface area contributed by atoms with Gasteiger partial charge < -0.3 is 19.1 Å². The fourth-order valence-corrected chi connectivity index (χ4v) is 26.6. The number of anilines is 9. The lowest BCUT2D eigenvalue weighted by atomic mass is 9.33. The van der Waals surface area contributed by atoms with Crippen LogP contribution in [0, 0.1) is 0 Å². The number of fused-ring (bicyclic) bond motifs is 7. The molecular weight excluding hydrogens is 1280 g/mol. The molecule has 0 atom stereocenters. The summed E-state index contributed by atoms with van der Waals surface area (Å²) in [6.45, 7) is -0.274. The summed E-state index contributed by atoms with van der Waals surface area (Å²) in [5, 5.41) is 12.7. The summed E-state index contributed by atoms with van der Waals surface area (Å²) in [5.41, 5.74) is 19.4. The summed E-state index contributed by atoms with van der Waals surface area (Å²) < 4.78 is 7.09. The predicted molar refractivity (Wildman–Crippen MR) is 441 cm³/mol. The molecule has 0 amide bonds. The highest BCUT2D eigenvalue weighted by Gasteiger charge is 2.48. The molecule has 0 spiro atoms. The lowest BCUT2D eigenvalue weighted by Crippen LogP contribution is -2.75. The molecule has 4 nitrogen and oxygen atoms in total. The van der Waals surface area contributed by atoms with Crippen molar-refractivity contribution in [2.75, 3.05) is 14.7 Å². The van der Waals surface area contributed by atoms with Gasteiger partial charge in [-0.15, -0.1) is 0 Å². The van der Waals surface area contributed by atoms with Crippen LogP contribution in [0.5, 0.6) is 0 Å². The molecule has 0 unspecified atom stereocenters. The summed E-state index contributed by atoms with van der Waals surface area (Å²) >= 11 is 0. The highest BCUT2D eigenvalue weighted by molar-refractivity contribution is 7.20. The van der Waals surface area contributed by atoms with E-state index >= 15 is 0 Å². The van der Waals surface area contributed by atoms with Crippen LogP contribution in [0.1, 0.15) is 0 Å². The highest BCUT2D eigenvalue weighted by Crippen LogP contribution is 2.50. The molecule has 17 aromatic rings. The monoisotopic (exact) mass is 1350 g/mol. The summed E-state index contributed by atoms with van der Waals surface area (Å²) in [7, 11) is -6.13. The molecule has 2 aliphatic rings. The zero-order valence-electron chi connectivity index (χ0n) is 56.6. The van der Waals surface area contributed by atoms with Crippen LogP contribution in [0.4, 0.5) is 51.2 Å². The average molecular weight is 1350 g/mol. The first-order chi connectivity index (χ1) is 51.1. The maximum absolute atomic E-state index is 7.09.